The number of aromatic nitrogens is 3. The lowest BCUT2D eigenvalue weighted by atomic mass is 10.2. The van der Waals surface area contributed by atoms with E-state index in [2.05, 4.69) is 10.1 Å². The van der Waals surface area contributed by atoms with Crippen molar-refractivity contribution in [1.29, 1.82) is 0 Å². The molecule has 0 bridgehead atoms. The summed E-state index contributed by atoms with van der Waals surface area (Å²) in [4.78, 5) is 16.4. The molecule has 6 nitrogen and oxygen atoms in total. The summed E-state index contributed by atoms with van der Waals surface area (Å²) < 4.78 is 12.8. The molecule has 0 amide bonds. The predicted octanol–water partition coefficient (Wildman–Crippen LogP) is 3.60. The van der Waals surface area contributed by atoms with Gasteiger partial charge in [-0.05, 0) is 39.0 Å². The Kier molecular flexibility index (Phi) is 4.97. The largest absolute Gasteiger partial charge is 0.459 e. The summed E-state index contributed by atoms with van der Waals surface area (Å²) in [5.74, 6) is 0.910. The third-order valence-electron chi connectivity index (χ3n) is 3.91. The topological polar surface area (TPSA) is 70.2 Å². The molecule has 2 aromatic heterocycles. The number of hydrogen-bond acceptors (Lipinski definition) is 5. The molecule has 0 aliphatic carbocycles. The van der Waals surface area contributed by atoms with Crippen LogP contribution in [0.25, 0.3) is 11.5 Å². The average Bonchev–Trinajstić information content (AvgIpc) is 3.13. The highest BCUT2D eigenvalue weighted by Gasteiger charge is 2.13. The summed E-state index contributed by atoms with van der Waals surface area (Å²) in [6.07, 6.45) is 0.268. The normalized spacial score (nSPS) is 10.8. The first-order valence-electron chi connectivity index (χ1n) is 8.21. The molecule has 3 rings (SSSR count). The predicted molar refractivity (Wildman–Crippen MR) is 92.8 cm³/mol. The monoisotopic (exact) mass is 339 g/mol. The van der Waals surface area contributed by atoms with Crippen LogP contribution < -0.4 is 0 Å². The van der Waals surface area contributed by atoms with Crippen molar-refractivity contribution >= 4 is 5.97 Å². The number of carbonyl (C=O) groups excluding carboxylic acids is 1. The lowest BCUT2D eigenvalue weighted by Crippen LogP contribution is -2.11. The number of aryl methyl sites for hydroxylation is 4. The van der Waals surface area contributed by atoms with E-state index in [-0.39, 0.29) is 19.0 Å². The van der Waals surface area contributed by atoms with Gasteiger partial charge in [0, 0.05) is 11.3 Å². The number of oxazole rings is 1. The highest BCUT2D eigenvalue weighted by molar-refractivity contribution is 5.69. The van der Waals surface area contributed by atoms with Crippen LogP contribution in [0.4, 0.5) is 0 Å². The highest BCUT2D eigenvalue weighted by Crippen LogP contribution is 2.21. The van der Waals surface area contributed by atoms with E-state index in [9.17, 15) is 4.79 Å². The van der Waals surface area contributed by atoms with Crippen molar-refractivity contribution in [3.8, 4) is 11.5 Å². The van der Waals surface area contributed by atoms with Crippen molar-refractivity contribution in [3.05, 3.63) is 59.2 Å². The summed E-state index contributed by atoms with van der Waals surface area (Å²) in [5, 5.41) is 4.33. The zero-order valence-corrected chi connectivity index (χ0v) is 14.7. The zero-order chi connectivity index (χ0) is 17.8. The molecule has 6 heteroatoms. The van der Waals surface area contributed by atoms with Crippen LogP contribution in [-0.4, -0.2) is 20.7 Å². The molecule has 0 radical (unpaired) electrons. The van der Waals surface area contributed by atoms with E-state index in [0.717, 1.165) is 17.0 Å². The smallest absolute Gasteiger partial charge is 0.308 e. The number of rotatable bonds is 6. The average molecular weight is 339 g/mol. The minimum atomic E-state index is -0.281. The maximum absolute atomic E-state index is 12.0. The fourth-order valence-electron chi connectivity index (χ4n) is 2.59. The van der Waals surface area contributed by atoms with Crippen LogP contribution in [0.5, 0.6) is 0 Å². The second-order valence-corrected chi connectivity index (χ2v) is 5.95. The Balaban J connectivity index is 1.55. The van der Waals surface area contributed by atoms with E-state index in [0.29, 0.717) is 23.9 Å². The Morgan fingerprint density at radius 1 is 1.20 bits per heavy atom. The van der Waals surface area contributed by atoms with E-state index >= 15 is 0 Å². The van der Waals surface area contributed by atoms with E-state index in [1.165, 1.54) is 0 Å². The van der Waals surface area contributed by atoms with Crippen LogP contribution in [0.1, 0.15) is 29.3 Å². The lowest BCUT2D eigenvalue weighted by Gasteiger charge is -2.05. The molecule has 130 valence electrons. The van der Waals surface area contributed by atoms with Gasteiger partial charge < -0.3 is 9.15 Å². The third kappa shape index (κ3) is 4.15. The molecule has 0 aliphatic rings. The molecule has 25 heavy (non-hydrogen) atoms. The van der Waals surface area contributed by atoms with Gasteiger partial charge in [0.25, 0.3) is 0 Å². The van der Waals surface area contributed by atoms with Crippen molar-refractivity contribution in [2.75, 3.05) is 0 Å². The summed E-state index contributed by atoms with van der Waals surface area (Å²) in [7, 11) is 0. The summed E-state index contributed by atoms with van der Waals surface area (Å²) in [6, 6.07) is 11.6. The van der Waals surface area contributed by atoms with Crippen molar-refractivity contribution < 1.29 is 13.9 Å². The fourth-order valence-corrected chi connectivity index (χ4v) is 2.59. The molecular formula is C19H21N3O3. The molecule has 0 saturated heterocycles. The molecule has 0 unspecified atom stereocenters. The zero-order valence-electron chi connectivity index (χ0n) is 14.7. The quantitative estimate of drug-likeness (QED) is 0.642. The summed E-state index contributed by atoms with van der Waals surface area (Å²) >= 11 is 0. The van der Waals surface area contributed by atoms with E-state index in [1.54, 1.807) is 0 Å². The number of benzene rings is 1. The van der Waals surface area contributed by atoms with Gasteiger partial charge in [-0.2, -0.15) is 5.10 Å². The minimum Gasteiger partial charge on any atom is -0.459 e. The first-order valence-corrected chi connectivity index (χ1v) is 8.21. The van der Waals surface area contributed by atoms with E-state index in [1.807, 2.05) is 61.9 Å². The van der Waals surface area contributed by atoms with Gasteiger partial charge in [0.15, 0.2) is 0 Å². The van der Waals surface area contributed by atoms with Crippen LogP contribution >= 0.6 is 0 Å². The fraction of sp³-hybridized carbons (Fsp3) is 0.316. The molecule has 0 fully saturated rings. The Labute approximate surface area is 146 Å². The van der Waals surface area contributed by atoms with Crippen LogP contribution in [-0.2, 0) is 22.7 Å². The van der Waals surface area contributed by atoms with Gasteiger partial charge in [-0.15, -0.1) is 0 Å². The van der Waals surface area contributed by atoms with Crippen LogP contribution in [0.2, 0.25) is 0 Å². The molecule has 0 spiro atoms. The van der Waals surface area contributed by atoms with Gasteiger partial charge in [0.2, 0.25) is 5.89 Å². The third-order valence-corrected chi connectivity index (χ3v) is 3.91. The lowest BCUT2D eigenvalue weighted by molar-refractivity contribution is -0.145. The number of esters is 1. The first kappa shape index (κ1) is 17.0. The molecule has 1 aromatic carbocycles. The second kappa shape index (κ2) is 7.34. The number of hydrogen-bond donors (Lipinski definition) is 0. The van der Waals surface area contributed by atoms with Gasteiger partial charge in [0.1, 0.15) is 18.1 Å². The van der Waals surface area contributed by atoms with Crippen molar-refractivity contribution in [1.82, 2.24) is 14.8 Å². The van der Waals surface area contributed by atoms with Gasteiger partial charge in [0.05, 0.1) is 18.7 Å². The Morgan fingerprint density at radius 2 is 1.96 bits per heavy atom. The molecule has 3 aromatic rings. The molecule has 0 aliphatic heterocycles. The molecule has 2 heterocycles. The van der Waals surface area contributed by atoms with Crippen molar-refractivity contribution in [2.24, 2.45) is 0 Å². The van der Waals surface area contributed by atoms with Gasteiger partial charge in [-0.1, -0.05) is 18.2 Å². The van der Waals surface area contributed by atoms with Gasteiger partial charge in [-0.25, -0.2) is 4.98 Å². The summed E-state index contributed by atoms with van der Waals surface area (Å²) in [6.45, 7) is 6.33. The molecular weight excluding hydrogens is 318 g/mol. The second-order valence-electron chi connectivity index (χ2n) is 5.95. The van der Waals surface area contributed by atoms with E-state index < -0.39 is 0 Å². The van der Waals surface area contributed by atoms with Gasteiger partial charge >= 0.3 is 5.97 Å². The van der Waals surface area contributed by atoms with Crippen LogP contribution in [0.3, 0.4) is 0 Å². The first-order chi connectivity index (χ1) is 12.0. The van der Waals surface area contributed by atoms with E-state index in [4.69, 9.17) is 9.15 Å². The standard InChI is InChI=1S/C19H21N3O3/c1-13-11-14(2)22(21-13)10-9-18(23)24-12-17-15(3)25-19(20-17)16-7-5-4-6-8-16/h4-8,11H,9-10,12H2,1-3H3. The molecule has 0 saturated carbocycles. The Bertz CT molecular complexity index is 865. The SMILES string of the molecule is Cc1cc(C)n(CCC(=O)OCc2nc(-c3ccccc3)oc2C)n1. The van der Waals surface area contributed by atoms with Gasteiger partial charge in [-0.3, -0.25) is 9.48 Å². The maximum atomic E-state index is 12.0. The number of carbonyl (C=O) groups is 1. The van der Waals surface area contributed by atoms with Crippen LogP contribution in [0, 0.1) is 20.8 Å². The Morgan fingerprint density at radius 3 is 2.64 bits per heavy atom. The number of ether oxygens (including phenoxy) is 1. The minimum absolute atomic E-state index is 0.109. The highest BCUT2D eigenvalue weighted by atomic mass is 16.5. The molecule has 0 N–H and O–H groups in total. The molecule has 0 atom stereocenters. The maximum Gasteiger partial charge on any atom is 0.308 e. The van der Waals surface area contributed by atoms with Crippen molar-refractivity contribution in [2.45, 2.75) is 40.3 Å². The van der Waals surface area contributed by atoms with Crippen molar-refractivity contribution in [3.63, 3.8) is 0 Å². The van der Waals surface area contributed by atoms with Crippen LogP contribution in [0.15, 0.2) is 40.8 Å². The Hall–Kier alpha value is -2.89. The summed E-state index contributed by atoms with van der Waals surface area (Å²) in [5.41, 5.74) is 3.51. The number of nitrogens with zero attached hydrogens (tertiary/aromatic N) is 3.